The van der Waals surface area contributed by atoms with Crippen molar-refractivity contribution in [2.75, 3.05) is 0 Å². The van der Waals surface area contributed by atoms with Crippen LogP contribution in [0.2, 0.25) is 0 Å². The predicted octanol–water partition coefficient (Wildman–Crippen LogP) is 4.16. The molecule has 3 nitrogen and oxygen atoms in total. The number of hydrogen-bond donors (Lipinski definition) is 1. The third-order valence-corrected chi connectivity index (χ3v) is 4.88. The summed E-state index contributed by atoms with van der Waals surface area (Å²) in [5, 5.41) is 11.1. The van der Waals surface area contributed by atoms with E-state index in [1.165, 1.54) is 11.8 Å². The van der Waals surface area contributed by atoms with Gasteiger partial charge < -0.3 is 9.67 Å². The van der Waals surface area contributed by atoms with Gasteiger partial charge in [-0.05, 0) is 36.4 Å². The van der Waals surface area contributed by atoms with Gasteiger partial charge in [0, 0.05) is 21.8 Å². The Labute approximate surface area is 134 Å². The predicted molar refractivity (Wildman–Crippen MR) is 89.1 cm³/mol. The van der Waals surface area contributed by atoms with Crippen LogP contribution in [0.25, 0.3) is 10.9 Å². The normalized spacial score (nSPS) is 11.0. The molecule has 1 N–H and O–H groups in total. The van der Waals surface area contributed by atoms with Crippen molar-refractivity contribution in [3.63, 3.8) is 0 Å². The molecule has 0 saturated carbocycles. The molecular weight excluding hydrogens is 350 g/mol. The molecule has 5 heteroatoms. The Morgan fingerprint density at radius 1 is 1.10 bits per heavy atom. The van der Waals surface area contributed by atoms with E-state index in [-0.39, 0.29) is 11.3 Å². The van der Waals surface area contributed by atoms with Crippen LogP contribution in [0.3, 0.4) is 0 Å². The van der Waals surface area contributed by atoms with Crippen molar-refractivity contribution >= 4 is 38.6 Å². The second-order valence-corrected chi connectivity index (χ2v) is 6.61. The Kier molecular flexibility index (Phi) is 3.78. The van der Waals surface area contributed by atoms with Crippen molar-refractivity contribution in [3.05, 3.63) is 63.4 Å². The van der Waals surface area contributed by atoms with Crippen LogP contribution in [-0.4, -0.2) is 9.67 Å². The molecule has 21 heavy (non-hydrogen) atoms. The molecule has 0 unspecified atom stereocenters. The molecule has 106 valence electrons. The zero-order valence-corrected chi connectivity index (χ0v) is 13.6. The van der Waals surface area contributed by atoms with Gasteiger partial charge in [-0.15, -0.1) is 0 Å². The summed E-state index contributed by atoms with van der Waals surface area (Å²) in [5.74, 6) is 0.0432. The molecule has 0 atom stereocenters. The highest BCUT2D eigenvalue weighted by Crippen LogP contribution is 2.36. The summed E-state index contributed by atoms with van der Waals surface area (Å²) in [5.41, 5.74) is 0.527. The number of hydrogen-bond acceptors (Lipinski definition) is 3. The van der Waals surface area contributed by atoms with Gasteiger partial charge in [-0.3, -0.25) is 4.79 Å². The summed E-state index contributed by atoms with van der Waals surface area (Å²) >= 11 is 4.65. The quantitative estimate of drug-likeness (QED) is 0.745. The number of halogens is 1. The zero-order valence-electron chi connectivity index (χ0n) is 11.2. The van der Waals surface area contributed by atoms with Gasteiger partial charge in [0.1, 0.15) is 10.6 Å². The molecule has 0 fully saturated rings. The molecule has 0 bridgehead atoms. The molecule has 0 radical (unpaired) electrons. The lowest BCUT2D eigenvalue weighted by Crippen LogP contribution is -2.18. The van der Waals surface area contributed by atoms with E-state index in [1.54, 1.807) is 11.6 Å². The largest absolute Gasteiger partial charge is 0.506 e. The topological polar surface area (TPSA) is 42.2 Å². The summed E-state index contributed by atoms with van der Waals surface area (Å²) in [4.78, 5) is 13.7. The van der Waals surface area contributed by atoms with Crippen LogP contribution in [0.4, 0.5) is 0 Å². The lowest BCUT2D eigenvalue weighted by Gasteiger charge is -2.11. The molecule has 3 rings (SSSR count). The number of para-hydroxylation sites is 1. The fraction of sp³-hybridized carbons (Fsp3) is 0.0625. The minimum absolute atomic E-state index is 0.0432. The van der Waals surface area contributed by atoms with Crippen LogP contribution in [-0.2, 0) is 7.05 Å². The molecule has 0 aliphatic heterocycles. The first-order chi connectivity index (χ1) is 10.1. The molecule has 2 aromatic carbocycles. The van der Waals surface area contributed by atoms with E-state index in [9.17, 15) is 9.90 Å². The van der Waals surface area contributed by atoms with Crippen molar-refractivity contribution in [2.24, 2.45) is 7.05 Å². The molecular formula is C16H12BrNO2S. The highest BCUT2D eigenvalue weighted by Gasteiger charge is 2.15. The molecule has 3 aromatic rings. The third kappa shape index (κ3) is 2.59. The highest BCUT2D eigenvalue weighted by molar-refractivity contribution is 9.10. The van der Waals surface area contributed by atoms with Crippen LogP contribution >= 0.6 is 27.7 Å². The molecule has 1 aromatic heterocycles. The fourth-order valence-electron chi connectivity index (χ4n) is 2.16. The van der Waals surface area contributed by atoms with Crippen LogP contribution in [0, 0.1) is 0 Å². The van der Waals surface area contributed by atoms with Crippen LogP contribution in [0.5, 0.6) is 5.75 Å². The maximum atomic E-state index is 12.4. The van der Waals surface area contributed by atoms with E-state index in [1.807, 2.05) is 48.5 Å². The van der Waals surface area contributed by atoms with Gasteiger partial charge in [0.15, 0.2) is 0 Å². The van der Waals surface area contributed by atoms with Crippen molar-refractivity contribution in [3.8, 4) is 5.75 Å². The fourth-order valence-corrected chi connectivity index (χ4v) is 3.37. The second kappa shape index (κ2) is 5.58. The lowest BCUT2D eigenvalue weighted by atomic mass is 10.2. The number of rotatable bonds is 2. The molecule has 1 heterocycles. The van der Waals surface area contributed by atoms with Crippen LogP contribution < -0.4 is 5.56 Å². The number of aromatic hydroxyl groups is 1. The number of fused-ring (bicyclic) bond motifs is 1. The van der Waals surface area contributed by atoms with E-state index < -0.39 is 0 Å². The molecule has 0 aliphatic carbocycles. The first kappa shape index (κ1) is 14.2. The maximum Gasteiger partial charge on any atom is 0.268 e. The minimum Gasteiger partial charge on any atom is -0.506 e. The van der Waals surface area contributed by atoms with Crippen molar-refractivity contribution in [1.82, 2.24) is 4.57 Å². The summed E-state index contributed by atoms with van der Waals surface area (Å²) in [6, 6.07) is 15.0. The van der Waals surface area contributed by atoms with Crippen LogP contribution in [0.15, 0.2) is 67.6 Å². The number of aryl methyl sites for hydroxylation is 1. The lowest BCUT2D eigenvalue weighted by molar-refractivity contribution is 0.465. The summed E-state index contributed by atoms with van der Waals surface area (Å²) in [6.07, 6.45) is 0. The Hall–Kier alpha value is -1.72. The van der Waals surface area contributed by atoms with Gasteiger partial charge in [-0.1, -0.05) is 39.8 Å². The van der Waals surface area contributed by atoms with E-state index in [4.69, 9.17) is 0 Å². The standard InChI is InChI=1S/C16H12BrNO2S/c1-18-13-5-3-2-4-12(13)14(19)15(16(18)20)21-11-8-6-10(17)7-9-11/h2-9,19H,1H3. The monoisotopic (exact) mass is 361 g/mol. The number of nitrogens with zero attached hydrogens (tertiary/aromatic N) is 1. The number of pyridine rings is 1. The summed E-state index contributed by atoms with van der Waals surface area (Å²) < 4.78 is 2.54. The molecule has 0 amide bonds. The van der Waals surface area contributed by atoms with E-state index in [0.717, 1.165) is 14.9 Å². The first-order valence-electron chi connectivity index (χ1n) is 6.32. The zero-order chi connectivity index (χ0) is 15.0. The van der Waals surface area contributed by atoms with Crippen molar-refractivity contribution < 1.29 is 5.11 Å². The SMILES string of the molecule is Cn1c(=O)c(Sc2ccc(Br)cc2)c(O)c2ccccc21. The molecule has 0 aliphatic rings. The van der Waals surface area contributed by atoms with Gasteiger partial charge in [0.05, 0.1) is 5.52 Å². The number of benzene rings is 2. The Morgan fingerprint density at radius 3 is 2.48 bits per heavy atom. The van der Waals surface area contributed by atoms with E-state index >= 15 is 0 Å². The molecule has 0 spiro atoms. The van der Waals surface area contributed by atoms with Gasteiger partial charge in [0.25, 0.3) is 5.56 Å². The van der Waals surface area contributed by atoms with Gasteiger partial charge in [-0.25, -0.2) is 0 Å². The Balaban J connectivity index is 2.18. The maximum absolute atomic E-state index is 12.4. The van der Waals surface area contributed by atoms with Crippen molar-refractivity contribution in [1.29, 1.82) is 0 Å². The number of aromatic nitrogens is 1. The average Bonchev–Trinajstić information content (AvgIpc) is 2.51. The average molecular weight is 362 g/mol. The van der Waals surface area contributed by atoms with Crippen molar-refractivity contribution in [2.45, 2.75) is 9.79 Å². The Morgan fingerprint density at radius 2 is 1.76 bits per heavy atom. The summed E-state index contributed by atoms with van der Waals surface area (Å²) in [7, 11) is 1.72. The Bertz CT molecular complexity index is 872. The first-order valence-corrected chi connectivity index (χ1v) is 7.93. The molecule has 0 saturated heterocycles. The minimum atomic E-state index is -0.195. The van der Waals surface area contributed by atoms with E-state index in [0.29, 0.717) is 10.3 Å². The second-order valence-electron chi connectivity index (χ2n) is 4.62. The van der Waals surface area contributed by atoms with Gasteiger partial charge in [0.2, 0.25) is 0 Å². The smallest absolute Gasteiger partial charge is 0.268 e. The third-order valence-electron chi connectivity index (χ3n) is 3.27. The van der Waals surface area contributed by atoms with Crippen LogP contribution in [0.1, 0.15) is 0 Å². The van der Waals surface area contributed by atoms with E-state index in [2.05, 4.69) is 15.9 Å². The van der Waals surface area contributed by atoms with Gasteiger partial charge >= 0.3 is 0 Å². The van der Waals surface area contributed by atoms with Gasteiger partial charge in [-0.2, -0.15) is 0 Å². The highest BCUT2D eigenvalue weighted by atomic mass is 79.9. The summed E-state index contributed by atoms with van der Waals surface area (Å²) in [6.45, 7) is 0.